The number of amides is 1. The number of hydrogen-bond donors (Lipinski definition) is 2. The number of nitrogens with zero attached hydrogens (tertiary/aromatic N) is 3. The Morgan fingerprint density at radius 3 is 2.58 bits per heavy atom. The molecule has 1 aromatic rings. The first kappa shape index (κ1) is 24.9. The van der Waals surface area contributed by atoms with Gasteiger partial charge >= 0.3 is 0 Å². The number of carbonyl (C=O) groups is 1. The Labute approximate surface area is 168 Å². The molecule has 0 spiro atoms. The lowest BCUT2D eigenvalue weighted by Crippen LogP contribution is -2.47. The fourth-order valence-electron chi connectivity index (χ4n) is 2.68. The van der Waals surface area contributed by atoms with E-state index in [1.807, 2.05) is 24.4 Å². The van der Waals surface area contributed by atoms with E-state index in [1.54, 1.807) is 7.11 Å². The molecule has 26 heavy (non-hydrogen) atoms. The van der Waals surface area contributed by atoms with E-state index in [4.69, 9.17) is 4.74 Å². The molecule has 0 atom stereocenters. The molecule has 150 valence electrons. The summed E-state index contributed by atoms with van der Waals surface area (Å²) in [5, 5.41) is 6.15. The summed E-state index contributed by atoms with van der Waals surface area (Å²) in [5.41, 5.74) is 0. The number of nitrogens with one attached hydrogen (secondary N) is 2. The monoisotopic (exact) mass is 407 g/mol. The summed E-state index contributed by atoms with van der Waals surface area (Å²) in [6.45, 7) is 7.63. The van der Waals surface area contributed by atoms with E-state index < -0.39 is 0 Å². The molecule has 9 heteroatoms. The Bertz CT molecular complexity index is 473. The average molecular weight is 408 g/mol. The standard InChI is InChI=1S/C17H29N5O2.2ClH/c1-24-15-9-18-7-8-20-17(23)5-10-21-11-13-22(14-12-21)16-4-2-3-6-19-16;;/h2-4,6,18H,5,7-15H2,1H3,(H,20,23);2*1H. The van der Waals surface area contributed by atoms with Gasteiger partial charge in [0, 0.05) is 72.1 Å². The van der Waals surface area contributed by atoms with Crippen molar-refractivity contribution in [1.82, 2.24) is 20.5 Å². The van der Waals surface area contributed by atoms with E-state index in [1.165, 1.54) is 0 Å². The van der Waals surface area contributed by atoms with Crippen molar-refractivity contribution in [2.45, 2.75) is 6.42 Å². The maximum atomic E-state index is 11.8. The molecule has 1 aliphatic heterocycles. The molecule has 1 aromatic heterocycles. The first-order chi connectivity index (χ1) is 11.8. The summed E-state index contributed by atoms with van der Waals surface area (Å²) in [5.74, 6) is 1.16. The fraction of sp³-hybridized carbons (Fsp3) is 0.647. The third-order valence-electron chi connectivity index (χ3n) is 4.11. The van der Waals surface area contributed by atoms with Crippen LogP contribution in [0.25, 0.3) is 0 Å². The number of hydrogen-bond acceptors (Lipinski definition) is 6. The number of rotatable bonds is 10. The molecule has 0 unspecified atom stereocenters. The van der Waals surface area contributed by atoms with Gasteiger partial charge in [0.2, 0.25) is 5.91 Å². The van der Waals surface area contributed by atoms with Gasteiger partial charge in [-0.2, -0.15) is 0 Å². The third-order valence-corrected chi connectivity index (χ3v) is 4.11. The van der Waals surface area contributed by atoms with Gasteiger partial charge in [0.25, 0.3) is 0 Å². The van der Waals surface area contributed by atoms with Crippen molar-refractivity contribution in [2.24, 2.45) is 0 Å². The van der Waals surface area contributed by atoms with Gasteiger partial charge in [0.05, 0.1) is 6.61 Å². The number of piperazine rings is 1. The maximum absolute atomic E-state index is 11.8. The predicted octanol–water partition coefficient (Wildman–Crippen LogP) is 0.789. The first-order valence-corrected chi connectivity index (χ1v) is 8.64. The van der Waals surface area contributed by atoms with Crippen molar-refractivity contribution < 1.29 is 9.53 Å². The number of pyridine rings is 1. The second-order valence-corrected chi connectivity index (χ2v) is 5.86. The lowest BCUT2D eigenvalue weighted by molar-refractivity contribution is -0.121. The number of methoxy groups -OCH3 is 1. The molecule has 2 N–H and O–H groups in total. The zero-order valence-corrected chi connectivity index (χ0v) is 17.0. The highest BCUT2D eigenvalue weighted by Gasteiger charge is 2.18. The van der Waals surface area contributed by atoms with E-state index >= 15 is 0 Å². The molecule has 0 bridgehead atoms. The lowest BCUT2D eigenvalue weighted by atomic mass is 10.2. The molecule has 2 rings (SSSR count). The third kappa shape index (κ3) is 9.54. The van der Waals surface area contributed by atoms with Crippen LogP contribution in [0.1, 0.15) is 6.42 Å². The zero-order chi connectivity index (χ0) is 17.0. The molecule has 0 saturated carbocycles. The maximum Gasteiger partial charge on any atom is 0.221 e. The molecular weight excluding hydrogens is 377 g/mol. The van der Waals surface area contributed by atoms with Gasteiger partial charge in [-0.3, -0.25) is 9.69 Å². The molecule has 0 radical (unpaired) electrons. The van der Waals surface area contributed by atoms with E-state index in [0.29, 0.717) is 19.6 Å². The molecular formula is C17H31Cl2N5O2. The van der Waals surface area contributed by atoms with Crippen molar-refractivity contribution in [2.75, 3.05) is 71.0 Å². The van der Waals surface area contributed by atoms with Gasteiger partial charge < -0.3 is 20.3 Å². The summed E-state index contributed by atoms with van der Waals surface area (Å²) in [6.07, 6.45) is 2.39. The number of carbonyl (C=O) groups excluding carboxylic acids is 1. The molecule has 7 nitrogen and oxygen atoms in total. The van der Waals surface area contributed by atoms with Crippen LogP contribution in [0.2, 0.25) is 0 Å². The van der Waals surface area contributed by atoms with Crippen LogP contribution >= 0.6 is 24.8 Å². The minimum atomic E-state index is 0. The summed E-state index contributed by atoms with van der Waals surface area (Å²) in [4.78, 5) is 20.9. The van der Waals surface area contributed by atoms with Gasteiger partial charge in [-0.15, -0.1) is 24.8 Å². The van der Waals surface area contributed by atoms with Gasteiger partial charge in [-0.05, 0) is 12.1 Å². The predicted molar refractivity (Wildman–Crippen MR) is 110 cm³/mol. The van der Waals surface area contributed by atoms with Crippen molar-refractivity contribution in [1.29, 1.82) is 0 Å². The van der Waals surface area contributed by atoms with Crippen LogP contribution in [0, 0.1) is 0 Å². The van der Waals surface area contributed by atoms with Crippen molar-refractivity contribution in [3.63, 3.8) is 0 Å². The van der Waals surface area contributed by atoms with Gasteiger partial charge in [-0.1, -0.05) is 6.07 Å². The topological polar surface area (TPSA) is 69.7 Å². The summed E-state index contributed by atoms with van der Waals surface area (Å²) in [7, 11) is 1.68. The largest absolute Gasteiger partial charge is 0.383 e. The van der Waals surface area contributed by atoms with E-state index in [0.717, 1.165) is 51.6 Å². The summed E-state index contributed by atoms with van der Waals surface area (Å²) in [6, 6.07) is 6.00. The zero-order valence-electron chi connectivity index (χ0n) is 15.4. The van der Waals surface area contributed by atoms with Crippen molar-refractivity contribution >= 4 is 36.5 Å². The summed E-state index contributed by atoms with van der Waals surface area (Å²) < 4.78 is 4.95. The number of halogens is 2. The van der Waals surface area contributed by atoms with E-state index in [-0.39, 0.29) is 30.7 Å². The lowest BCUT2D eigenvalue weighted by Gasteiger charge is -2.35. The minimum absolute atomic E-state index is 0. The van der Waals surface area contributed by atoms with Crippen LogP contribution in [0.15, 0.2) is 24.4 Å². The average Bonchev–Trinajstić information content (AvgIpc) is 2.64. The molecule has 2 heterocycles. The van der Waals surface area contributed by atoms with Crippen LogP contribution in [0.3, 0.4) is 0 Å². The highest BCUT2D eigenvalue weighted by Crippen LogP contribution is 2.12. The summed E-state index contributed by atoms with van der Waals surface area (Å²) >= 11 is 0. The van der Waals surface area contributed by atoms with Gasteiger partial charge in [-0.25, -0.2) is 4.98 Å². The van der Waals surface area contributed by atoms with Crippen LogP contribution in [-0.2, 0) is 9.53 Å². The van der Waals surface area contributed by atoms with E-state index in [2.05, 4.69) is 25.4 Å². The highest BCUT2D eigenvalue weighted by atomic mass is 35.5. The Morgan fingerprint density at radius 1 is 1.15 bits per heavy atom. The Balaban J connectivity index is 0.00000312. The van der Waals surface area contributed by atoms with Crippen molar-refractivity contribution in [3.05, 3.63) is 24.4 Å². The smallest absolute Gasteiger partial charge is 0.221 e. The molecule has 0 aliphatic carbocycles. The Morgan fingerprint density at radius 2 is 1.92 bits per heavy atom. The van der Waals surface area contributed by atoms with Crippen LogP contribution < -0.4 is 15.5 Å². The molecule has 1 fully saturated rings. The Hall–Kier alpha value is -1.12. The highest BCUT2D eigenvalue weighted by molar-refractivity contribution is 5.85. The van der Waals surface area contributed by atoms with E-state index in [9.17, 15) is 4.79 Å². The first-order valence-electron chi connectivity index (χ1n) is 8.64. The molecule has 1 saturated heterocycles. The molecule has 1 aliphatic rings. The van der Waals surface area contributed by atoms with Crippen molar-refractivity contribution in [3.8, 4) is 0 Å². The van der Waals surface area contributed by atoms with Crippen LogP contribution in [0.4, 0.5) is 5.82 Å². The number of aromatic nitrogens is 1. The SMILES string of the molecule is COCCNCCNC(=O)CCN1CCN(c2ccccn2)CC1.Cl.Cl. The molecule has 1 amide bonds. The second kappa shape index (κ2) is 15.0. The second-order valence-electron chi connectivity index (χ2n) is 5.86. The quantitative estimate of drug-likeness (QED) is 0.558. The normalized spacial score (nSPS) is 14.3. The number of ether oxygens (including phenoxy) is 1. The van der Waals surface area contributed by atoms with Crippen LogP contribution in [0.5, 0.6) is 0 Å². The minimum Gasteiger partial charge on any atom is -0.383 e. The van der Waals surface area contributed by atoms with Crippen LogP contribution in [-0.4, -0.2) is 81.9 Å². The van der Waals surface area contributed by atoms with Gasteiger partial charge in [0.15, 0.2) is 0 Å². The number of anilines is 1. The molecule has 0 aromatic carbocycles. The van der Waals surface area contributed by atoms with Gasteiger partial charge in [0.1, 0.15) is 5.82 Å². The fourth-order valence-corrected chi connectivity index (χ4v) is 2.68. The Kier molecular flexibility index (Phi) is 14.3.